The van der Waals surface area contributed by atoms with E-state index in [0.29, 0.717) is 12.4 Å². The van der Waals surface area contributed by atoms with E-state index in [1.807, 2.05) is 30.3 Å². The Bertz CT molecular complexity index is 567. The minimum Gasteiger partial charge on any atom is -0.489 e. The molecule has 0 bridgehead atoms. The Hall–Kier alpha value is -2.36. The van der Waals surface area contributed by atoms with Crippen LogP contribution in [-0.4, -0.2) is 13.1 Å². The monoisotopic (exact) mass is 260 g/mol. The van der Waals surface area contributed by atoms with Gasteiger partial charge in [-0.25, -0.2) is 9.18 Å². The number of benzene rings is 2. The number of halogens is 1. The highest BCUT2D eigenvalue weighted by molar-refractivity contribution is 5.89. The van der Waals surface area contributed by atoms with Crippen LogP contribution in [-0.2, 0) is 11.3 Å². The molecule has 2 aromatic carbocycles. The van der Waals surface area contributed by atoms with Crippen LogP contribution in [0.15, 0.2) is 48.5 Å². The predicted octanol–water partition coefficient (Wildman–Crippen LogP) is 3.19. The number of hydrogen-bond donors (Lipinski definition) is 0. The summed E-state index contributed by atoms with van der Waals surface area (Å²) < 4.78 is 23.5. The van der Waals surface area contributed by atoms with E-state index in [-0.39, 0.29) is 5.56 Å². The molecule has 0 fully saturated rings. The average molecular weight is 260 g/mol. The maximum atomic E-state index is 13.6. The third-order valence-corrected chi connectivity index (χ3v) is 2.59. The van der Waals surface area contributed by atoms with Crippen LogP contribution in [0.2, 0.25) is 0 Å². The lowest BCUT2D eigenvalue weighted by Crippen LogP contribution is -2.04. The molecule has 98 valence electrons. The van der Waals surface area contributed by atoms with Gasteiger partial charge in [0.25, 0.3) is 0 Å². The summed E-state index contributed by atoms with van der Waals surface area (Å²) in [6.07, 6.45) is 0. The van der Waals surface area contributed by atoms with Gasteiger partial charge in [0.15, 0.2) is 0 Å². The van der Waals surface area contributed by atoms with E-state index < -0.39 is 11.8 Å². The van der Waals surface area contributed by atoms with Crippen molar-refractivity contribution in [3.63, 3.8) is 0 Å². The number of methoxy groups -OCH3 is 1. The molecule has 0 amide bonds. The fraction of sp³-hybridized carbons (Fsp3) is 0.133. The predicted molar refractivity (Wildman–Crippen MR) is 68.5 cm³/mol. The fourth-order valence-corrected chi connectivity index (χ4v) is 1.60. The highest BCUT2D eigenvalue weighted by Crippen LogP contribution is 2.18. The summed E-state index contributed by atoms with van der Waals surface area (Å²) in [5.74, 6) is -0.987. The number of esters is 1. The number of rotatable bonds is 4. The molecule has 19 heavy (non-hydrogen) atoms. The largest absolute Gasteiger partial charge is 0.489 e. The van der Waals surface area contributed by atoms with Gasteiger partial charge in [0.05, 0.1) is 12.7 Å². The molecule has 4 heteroatoms. The Morgan fingerprint density at radius 3 is 2.53 bits per heavy atom. The van der Waals surface area contributed by atoms with Crippen molar-refractivity contribution in [2.45, 2.75) is 6.61 Å². The van der Waals surface area contributed by atoms with Gasteiger partial charge in [-0.3, -0.25) is 0 Å². The summed E-state index contributed by atoms with van der Waals surface area (Å²) in [6.45, 7) is 0.345. The Kier molecular flexibility index (Phi) is 4.13. The smallest absolute Gasteiger partial charge is 0.340 e. The molecule has 0 radical (unpaired) electrons. The maximum Gasteiger partial charge on any atom is 0.340 e. The van der Waals surface area contributed by atoms with Gasteiger partial charge >= 0.3 is 5.97 Å². The minimum absolute atomic E-state index is 0.102. The van der Waals surface area contributed by atoms with Crippen LogP contribution in [0.4, 0.5) is 4.39 Å². The zero-order chi connectivity index (χ0) is 13.7. The van der Waals surface area contributed by atoms with Gasteiger partial charge in [0, 0.05) is 6.07 Å². The molecule has 0 N–H and O–H groups in total. The van der Waals surface area contributed by atoms with Crippen molar-refractivity contribution in [2.75, 3.05) is 7.11 Å². The Morgan fingerprint density at radius 2 is 1.89 bits per heavy atom. The van der Waals surface area contributed by atoms with E-state index in [1.54, 1.807) is 0 Å². The normalized spacial score (nSPS) is 10.0. The molecule has 0 atom stereocenters. The van der Waals surface area contributed by atoms with Crippen molar-refractivity contribution in [1.29, 1.82) is 0 Å². The summed E-state index contributed by atoms with van der Waals surface area (Å²) in [5, 5.41) is 0. The van der Waals surface area contributed by atoms with Crippen molar-refractivity contribution < 1.29 is 18.7 Å². The molecule has 0 spiro atoms. The van der Waals surface area contributed by atoms with Crippen LogP contribution in [0.25, 0.3) is 0 Å². The third kappa shape index (κ3) is 3.31. The quantitative estimate of drug-likeness (QED) is 0.792. The first-order valence-electron chi connectivity index (χ1n) is 5.75. The Balaban J connectivity index is 2.06. The lowest BCUT2D eigenvalue weighted by molar-refractivity contribution is 0.0595. The van der Waals surface area contributed by atoms with Gasteiger partial charge in [-0.05, 0) is 17.7 Å². The fourth-order valence-electron chi connectivity index (χ4n) is 1.60. The summed E-state index contributed by atoms with van der Waals surface area (Å²) in [5.41, 5.74) is 0.884. The van der Waals surface area contributed by atoms with E-state index in [2.05, 4.69) is 4.74 Å². The molecule has 2 aromatic rings. The molecule has 0 saturated carbocycles. The van der Waals surface area contributed by atoms with Gasteiger partial charge in [0.1, 0.15) is 18.2 Å². The number of carbonyl (C=O) groups excluding carboxylic acids is 1. The molecule has 0 aliphatic carbocycles. The first-order valence-corrected chi connectivity index (χ1v) is 5.75. The molecular formula is C15H13FO3. The third-order valence-electron chi connectivity index (χ3n) is 2.59. The van der Waals surface area contributed by atoms with Crippen LogP contribution in [0.1, 0.15) is 15.9 Å². The molecule has 3 nitrogen and oxygen atoms in total. The summed E-state index contributed by atoms with van der Waals surface area (Å²) in [6, 6.07) is 13.6. The van der Waals surface area contributed by atoms with Gasteiger partial charge in [0.2, 0.25) is 0 Å². The average Bonchev–Trinajstić information content (AvgIpc) is 2.45. The van der Waals surface area contributed by atoms with Crippen LogP contribution >= 0.6 is 0 Å². The highest BCUT2D eigenvalue weighted by Gasteiger charge is 2.12. The molecular weight excluding hydrogens is 247 g/mol. The molecule has 0 unspecified atom stereocenters. The number of ether oxygens (including phenoxy) is 2. The number of carbonyl (C=O) groups is 1. The van der Waals surface area contributed by atoms with Crippen molar-refractivity contribution in [2.24, 2.45) is 0 Å². The summed E-state index contributed by atoms with van der Waals surface area (Å²) in [7, 11) is 1.21. The molecule has 2 rings (SSSR count). The molecule has 0 aliphatic rings. The Morgan fingerprint density at radius 1 is 1.16 bits per heavy atom. The highest BCUT2D eigenvalue weighted by atomic mass is 19.1. The zero-order valence-corrected chi connectivity index (χ0v) is 10.4. The van der Waals surface area contributed by atoms with Crippen LogP contribution in [0, 0.1) is 5.82 Å². The zero-order valence-electron chi connectivity index (χ0n) is 10.4. The van der Waals surface area contributed by atoms with Crippen molar-refractivity contribution in [3.8, 4) is 5.75 Å². The molecule has 0 heterocycles. The van der Waals surface area contributed by atoms with Crippen LogP contribution < -0.4 is 4.74 Å². The second-order valence-electron chi connectivity index (χ2n) is 3.91. The summed E-state index contributed by atoms with van der Waals surface area (Å²) >= 11 is 0. The van der Waals surface area contributed by atoms with Crippen LogP contribution in [0.3, 0.4) is 0 Å². The standard InChI is InChI=1S/C15H13FO3/c1-18-15(17)13-8-7-12(9-14(13)16)19-10-11-5-3-2-4-6-11/h2-9H,10H2,1H3. The lowest BCUT2D eigenvalue weighted by Gasteiger charge is -2.07. The van der Waals surface area contributed by atoms with E-state index in [1.165, 1.54) is 25.3 Å². The first kappa shape index (κ1) is 13.1. The van der Waals surface area contributed by atoms with Crippen LogP contribution in [0.5, 0.6) is 5.75 Å². The van der Waals surface area contributed by atoms with Gasteiger partial charge in [-0.2, -0.15) is 0 Å². The SMILES string of the molecule is COC(=O)c1ccc(OCc2ccccc2)cc1F. The topological polar surface area (TPSA) is 35.5 Å². The molecule has 0 aliphatic heterocycles. The van der Waals surface area contributed by atoms with Crippen molar-refractivity contribution >= 4 is 5.97 Å². The second kappa shape index (κ2) is 6.00. The van der Waals surface area contributed by atoms with E-state index in [9.17, 15) is 9.18 Å². The van der Waals surface area contributed by atoms with E-state index in [4.69, 9.17) is 4.74 Å². The van der Waals surface area contributed by atoms with E-state index >= 15 is 0 Å². The van der Waals surface area contributed by atoms with Gasteiger partial charge < -0.3 is 9.47 Å². The second-order valence-corrected chi connectivity index (χ2v) is 3.91. The summed E-state index contributed by atoms with van der Waals surface area (Å²) in [4.78, 5) is 11.2. The van der Waals surface area contributed by atoms with E-state index in [0.717, 1.165) is 5.56 Å². The number of hydrogen-bond acceptors (Lipinski definition) is 3. The van der Waals surface area contributed by atoms with Gasteiger partial charge in [-0.1, -0.05) is 30.3 Å². The minimum atomic E-state index is -0.702. The van der Waals surface area contributed by atoms with Crippen molar-refractivity contribution in [1.82, 2.24) is 0 Å². The molecule has 0 saturated heterocycles. The van der Waals surface area contributed by atoms with Gasteiger partial charge in [-0.15, -0.1) is 0 Å². The maximum absolute atomic E-state index is 13.6. The molecule has 0 aromatic heterocycles. The first-order chi connectivity index (χ1) is 9.20. The Labute approximate surface area is 110 Å². The lowest BCUT2D eigenvalue weighted by atomic mass is 10.2. The van der Waals surface area contributed by atoms with Crippen molar-refractivity contribution in [3.05, 3.63) is 65.5 Å².